The molecule has 1 aromatic heterocycles. The van der Waals surface area contributed by atoms with Crippen LogP contribution in [0, 0.1) is 0 Å². The van der Waals surface area contributed by atoms with E-state index in [2.05, 4.69) is 10.4 Å². The quantitative estimate of drug-likeness (QED) is 0.721. The molecule has 2 rings (SSSR count). The van der Waals surface area contributed by atoms with Crippen molar-refractivity contribution in [2.45, 2.75) is 12.5 Å². The minimum atomic E-state index is -1.19. The number of fused-ring (bicyclic) bond motifs is 1. The van der Waals surface area contributed by atoms with Crippen LogP contribution >= 0.6 is 0 Å². The van der Waals surface area contributed by atoms with E-state index in [0.29, 0.717) is 5.39 Å². The lowest BCUT2D eigenvalue weighted by Crippen LogP contribution is -2.41. The fraction of sp³-hybridized carbons (Fsp3) is 0.308. The maximum absolute atomic E-state index is 12.1. The summed E-state index contributed by atoms with van der Waals surface area (Å²) in [6.45, 7) is -0.319. The number of aromatic nitrogens is 2. The molecule has 0 spiro atoms. The van der Waals surface area contributed by atoms with Crippen LogP contribution in [0.2, 0.25) is 0 Å². The Balaban J connectivity index is 2.29. The van der Waals surface area contributed by atoms with Gasteiger partial charge in [-0.15, -0.1) is 0 Å². The Morgan fingerprint density at radius 2 is 2.10 bits per heavy atom. The summed E-state index contributed by atoms with van der Waals surface area (Å²) >= 11 is 0. The van der Waals surface area contributed by atoms with Gasteiger partial charge in [0.2, 0.25) is 0 Å². The Hall–Kier alpha value is -2.41. The number of aliphatic hydroxyl groups excluding tert-OH is 1. The normalized spacial score (nSPS) is 12.3. The van der Waals surface area contributed by atoms with Crippen LogP contribution in [0.4, 0.5) is 0 Å². The number of hydrogen-bond donors (Lipinski definition) is 3. The van der Waals surface area contributed by atoms with Gasteiger partial charge in [-0.1, -0.05) is 18.2 Å². The lowest BCUT2D eigenvalue weighted by molar-refractivity contribution is -0.139. The molecule has 1 atom stereocenters. The van der Waals surface area contributed by atoms with Crippen molar-refractivity contribution in [3.8, 4) is 0 Å². The van der Waals surface area contributed by atoms with Crippen LogP contribution in [0.25, 0.3) is 10.9 Å². The Labute approximate surface area is 114 Å². The van der Waals surface area contributed by atoms with Crippen LogP contribution < -0.4 is 5.32 Å². The Bertz CT molecular complexity index is 650. The van der Waals surface area contributed by atoms with Gasteiger partial charge in [0.15, 0.2) is 5.69 Å². The summed E-state index contributed by atoms with van der Waals surface area (Å²) in [4.78, 5) is 23.1. The molecule has 0 unspecified atom stereocenters. The second-order valence-corrected chi connectivity index (χ2v) is 4.37. The van der Waals surface area contributed by atoms with Gasteiger partial charge in [0.05, 0.1) is 5.52 Å². The first-order valence-electron chi connectivity index (χ1n) is 6.11. The molecule has 1 aromatic carbocycles. The standard InChI is InChI=1S/C13H15N3O4/c1-16-10-5-3-2-4-8(10)11(15-16)12(18)14-9(6-7-17)13(19)20/h2-5,9,17H,6-7H2,1H3,(H,14,18)(H,19,20)/t9-/m0/s1. The molecule has 0 saturated carbocycles. The molecule has 20 heavy (non-hydrogen) atoms. The molecule has 0 aliphatic carbocycles. The Morgan fingerprint density at radius 1 is 1.40 bits per heavy atom. The van der Waals surface area contributed by atoms with Crippen molar-refractivity contribution >= 4 is 22.8 Å². The van der Waals surface area contributed by atoms with Gasteiger partial charge in [-0.3, -0.25) is 9.48 Å². The number of aliphatic hydroxyl groups is 1. The highest BCUT2D eigenvalue weighted by atomic mass is 16.4. The number of para-hydroxylation sites is 1. The number of amides is 1. The van der Waals surface area contributed by atoms with E-state index in [-0.39, 0.29) is 18.7 Å². The van der Waals surface area contributed by atoms with Crippen LogP contribution in [-0.2, 0) is 11.8 Å². The molecule has 0 aliphatic heterocycles. The van der Waals surface area contributed by atoms with Gasteiger partial charge >= 0.3 is 5.97 Å². The topological polar surface area (TPSA) is 104 Å². The Morgan fingerprint density at radius 3 is 2.75 bits per heavy atom. The molecule has 0 radical (unpaired) electrons. The number of aliphatic carboxylic acids is 1. The van der Waals surface area contributed by atoms with E-state index in [1.165, 1.54) is 0 Å². The molecule has 1 amide bonds. The Kier molecular flexibility index (Phi) is 3.99. The average molecular weight is 277 g/mol. The molecule has 3 N–H and O–H groups in total. The molecular weight excluding hydrogens is 262 g/mol. The number of aryl methyl sites for hydroxylation is 1. The summed E-state index contributed by atoms with van der Waals surface area (Å²) in [5.41, 5.74) is 0.957. The second kappa shape index (κ2) is 5.70. The van der Waals surface area contributed by atoms with E-state index in [0.717, 1.165) is 5.52 Å². The zero-order valence-corrected chi connectivity index (χ0v) is 10.9. The van der Waals surface area contributed by atoms with Crippen molar-refractivity contribution in [1.29, 1.82) is 0 Å². The summed E-state index contributed by atoms with van der Waals surface area (Å²) in [6, 6.07) is 6.05. The smallest absolute Gasteiger partial charge is 0.326 e. The van der Waals surface area contributed by atoms with Gasteiger partial charge in [0.25, 0.3) is 5.91 Å². The number of nitrogens with one attached hydrogen (secondary N) is 1. The number of carboxylic acid groups (broad SMARTS) is 1. The van der Waals surface area contributed by atoms with E-state index in [9.17, 15) is 9.59 Å². The van der Waals surface area contributed by atoms with Crippen LogP contribution in [0.15, 0.2) is 24.3 Å². The van der Waals surface area contributed by atoms with E-state index in [4.69, 9.17) is 10.2 Å². The zero-order valence-electron chi connectivity index (χ0n) is 10.9. The molecule has 7 heteroatoms. The lowest BCUT2D eigenvalue weighted by atomic mass is 10.1. The molecule has 1 heterocycles. The number of rotatable bonds is 5. The van der Waals surface area contributed by atoms with Crippen molar-refractivity contribution in [2.24, 2.45) is 7.05 Å². The van der Waals surface area contributed by atoms with Crippen molar-refractivity contribution in [3.63, 3.8) is 0 Å². The van der Waals surface area contributed by atoms with E-state index in [1.807, 2.05) is 12.1 Å². The van der Waals surface area contributed by atoms with E-state index >= 15 is 0 Å². The largest absolute Gasteiger partial charge is 0.480 e. The van der Waals surface area contributed by atoms with E-state index in [1.54, 1.807) is 23.9 Å². The van der Waals surface area contributed by atoms with Gasteiger partial charge in [-0.25, -0.2) is 4.79 Å². The molecule has 0 fully saturated rings. The third-order valence-electron chi connectivity index (χ3n) is 2.99. The highest BCUT2D eigenvalue weighted by Gasteiger charge is 2.23. The first-order chi connectivity index (χ1) is 9.54. The SMILES string of the molecule is Cn1nc(C(=O)N[C@@H](CCO)C(=O)O)c2ccccc21. The third-order valence-corrected chi connectivity index (χ3v) is 2.99. The molecular formula is C13H15N3O4. The fourth-order valence-electron chi connectivity index (χ4n) is 1.99. The first kappa shape index (κ1) is 14.0. The predicted molar refractivity (Wildman–Crippen MR) is 71.3 cm³/mol. The number of nitrogens with zero attached hydrogens (tertiary/aromatic N) is 2. The van der Waals surface area contributed by atoms with Gasteiger partial charge < -0.3 is 15.5 Å². The number of benzene rings is 1. The number of carbonyl (C=O) groups excluding carboxylic acids is 1. The predicted octanol–water partition coefficient (Wildman–Crippen LogP) is 0.139. The summed E-state index contributed by atoms with van der Waals surface area (Å²) in [5.74, 6) is -1.75. The van der Waals surface area contributed by atoms with Gasteiger partial charge in [0.1, 0.15) is 6.04 Å². The van der Waals surface area contributed by atoms with Crippen molar-refractivity contribution < 1.29 is 19.8 Å². The number of carboxylic acids is 1. The average Bonchev–Trinajstić information content (AvgIpc) is 2.76. The highest BCUT2D eigenvalue weighted by molar-refractivity contribution is 6.05. The first-order valence-corrected chi connectivity index (χ1v) is 6.11. The number of hydrogen-bond acceptors (Lipinski definition) is 4. The van der Waals surface area contributed by atoms with Crippen LogP contribution in [0.1, 0.15) is 16.9 Å². The molecule has 106 valence electrons. The third kappa shape index (κ3) is 2.62. The minimum Gasteiger partial charge on any atom is -0.480 e. The van der Waals surface area contributed by atoms with Crippen molar-refractivity contribution in [3.05, 3.63) is 30.0 Å². The molecule has 0 bridgehead atoms. The van der Waals surface area contributed by atoms with Crippen molar-refractivity contribution in [2.75, 3.05) is 6.61 Å². The molecule has 0 aliphatic rings. The fourth-order valence-corrected chi connectivity index (χ4v) is 1.99. The summed E-state index contributed by atoms with van der Waals surface area (Å²) in [5, 5.41) is 24.9. The van der Waals surface area contributed by atoms with Gasteiger partial charge in [0, 0.05) is 25.5 Å². The molecule has 7 nitrogen and oxygen atoms in total. The second-order valence-electron chi connectivity index (χ2n) is 4.37. The monoisotopic (exact) mass is 277 g/mol. The van der Waals surface area contributed by atoms with Gasteiger partial charge in [-0.2, -0.15) is 5.10 Å². The molecule has 2 aromatic rings. The van der Waals surface area contributed by atoms with Crippen LogP contribution in [0.5, 0.6) is 0 Å². The zero-order chi connectivity index (χ0) is 14.7. The minimum absolute atomic E-state index is 0.0498. The summed E-state index contributed by atoms with van der Waals surface area (Å²) in [6.07, 6.45) is -0.0498. The van der Waals surface area contributed by atoms with Crippen LogP contribution in [-0.4, -0.2) is 44.5 Å². The summed E-state index contributed by atoms with van der Waals surface area (Å²) in [7, 11) is 1.71. The highest BCUT2D eigenvalue weighted by Crippen LogP contribution is 2.17. The van der Waals surface area contributed by atoms with Gasteiger partial charge in [-0.05, 0) is 6.07 Å². The van der Waals surface area contributed by atoms with Crippen molar-refractivity contribution in [1.82, 2.24) is 15.1 Å². The summed E-state index contributed by atoms with van der Waals surface area (Å²) < 4.78 is 1.56. The van der Waals surface area contributed by atoms with Crippen LogP contribution in [0.3, 0.4) is 0 Å². The molecule has 0 saturated heterocycles. The van der Waals surface area contributed by atoms with E-state index < -0.39 is 17.9 Å². The lowest BCUT2D eigenvalue weighted by Gasteiger charge is -2.12. The number of carbonyl (C=O) groups is 2. The maximum atomic E-state index is 12.1. The maximum Gasteiger partial charge on any atom is 0.326 e.